The van der Waals surface area contributed by atoms with E-state index in [-0.39, 0.29) is 24.6 Å². The van der Waals surface area contributed by atoms with Gasteiger partial charge in [-0.3, -0.25) is 4.79 Å². The highest BCUT2D eigenvalue weighted by atomic mass is 16.5. The number of aromatic nitrogens is 3. The normalized spacial score (nSPS) is 12.0. The van der Waals surface area contributed by atoms with E-state index in [1.54, 1.807) is 12.1 Å². The Bertz CT molecular complexity index is 884. The molecule has 1 atom stereocenters. The van der Waals surface area contributed by atoms with Gasteiger partial charge in [0.15, 0.2) is 0 Å². The summed E-state index contributed by atoms with van der Waals surface area (Å²) in [5, 5.41) is 22.0. The Morgan fingerprint density at radius 2 is 1.47 bits per heavy atom. The minimum atomic E-state index is -0.137. The monoisotopic (exact) mass is 503 g/mol. The van der Waals surface area contributed by atoms with Crippen molar-refractivity contribution in [1.29, 1.82) is 0 Å². The number of anilines is 3. The summed E-state index contributed by atoms with van der Waals surface area (Å²) in [7, 11) is 0. The number of carbonyl (C=O) groups excluding carboxylic acids is 1. The number of aliphatic hydroxyl groups excluding tert-OH is 1. The van der Waals surface area contributed by atoms with Gasteiger partial charge < -0.3 is 35.8 Å². The zero-order valence-electron chi connectivity index (χ0n) is 21.8. The molecule has 200 valence electrons. The number of amides is 1. The van der Waals surface area contributed by atoms with Crippen molar-refractivity contribution in [2.24, 2.45) is 5.92 Å². The van der Waals surface area contributed by atoms with Gasteiger partial charge in [0.1, 0.15) is 0 Å². The van der Waals surface area contributed by atoms with Crippen LogP contribution in [0.15, 0.2) is 30.3 Å². The third-order valence-electron chi connectivity index (χ3n) is 4.83. The molecule has 0 unspecified atom stereocenters. The van der Waals surface area contributed by atoms with Gasteiger partial charge in [-0.05, 0) is 38.3 Å². The Morgan fingerprint density at radius 1 is 0.861 bits per heavy atom. The van der Waals surface area contributed by atoms with E-state index in [2.05, 4.69) is 50.1 Å². The standard InChI is InChI=1S/C25H41N7O4/c1-18(2)16-21(17-33)29-25-31-23(30-24(32-25)28-19(3)4)27-11-13-36-15-14-35-12-10-26-22(34)20-8-6-5-7-9-20/h5-9,18-19,21,33H,10-17H2,1-4H3,(H,26,34)(H3,27,28,29,30,31,32)/t21-/m1/s1. The average molecular weight is 504 g/mol. The molecule has 11 heteroatoms. The van der Waals surface area contributed by atoms with E-state index < -0.39 is 0 Å². The van der Waals surface area contributed by atoms with Gasteiger partial charge in [-0.25, -0.2) is 0 Å². The fourth-order valence-corrected chi connectivity index (χ4v) is 3.26. The lowest BCUT2D eigenvalue weighted by Gasteiger charge is -2.19. The number of carbonyl (C=O) groups is 1. The number of nitrogens with zero attached hydrogens (tertiary/aromatic N) is 3. The third kappa shape index (κ3) is 12.1. The molecule has 5 N–H and O–H groups in total. The largest absolute Gasteiger partial charge is 0.394 e. The summed E-state index contributed by atoms with van der Waals surface area (Å²) in [6.07, 6.45) is 0.799. The van der Waals surface area contributed by atoms with Crippen molar-refractivity contribution in [3.8, 4) is 0 Å². The average Bonchev–Trinajstić information content (AvgIpc) is 2.84. The molecule has 36 heavy (non-hydrogen) atoms. The molecule has 2 rings (SSSR count). The molecule has 0 aliphatic rings. The maximum Gasteiger partial charge on any atom is 0.251 e. The molecule has 0 saturated carbocycles. The third-order valence-corrected chi connectivity index (χ3v) is 4.83. The first-order valence-electron chi connectivity index (χ1n) is 12.5. The quantitative estimate of drug-likeness (QED) is 0.192. The molecule has 0 aliphatic heterocycles. The summed E-state index contributed by atoms with van der Waals surface area (Å²) >= 11 is 0. The number of hydrogen-bond donors (Lipinski definition) is 5. The van der Waals surface area contributed by atoms with Crippen molar-refractivity contribution in [1.82, 2.24) is 20.3 Å². The molecule has 0 radical (unpaired) electrons. The molecule has 2 aromatic rings. The van der Waals surface area contributed by atoms with Crippen LogP contribution in [0.1, 0.15) is 44.5 Å². The molecular weight excluding hydrogens is 462 g/mol. The molecule has 0 saturated heterocycles. The molecule has 1 heterocycles. The minimum absolute atomic E-state index is 0.00508. The number of nitrogens with one attached hydrogen (secondary N) is 4. The summed E-state index contributed by atoms with van der Waals surface area (Å²) in [6.45, 7) is 10.9. The fourth-order valence-electron chi connectivity index (χ4n) is 3.26. The molecule has 1 aromatic carbocycles. The van der Waals surface area contributed by atoms with Crippen LogP contribution < -0.4 is 21.3 Å². The van der Waals surface area contributed by atoms with Gasteiger partial charge in [0.05, 0.1) is 39.1 Å². The maximum atomic E-state index is 11.9. The van der Waals surface area contributed by atoms with Crippen LogP contribution in [0.2, 0.25) is 0 Å². The van der Waals surface area contributed by atoms with Gasteiger partial charge in [-0.15, -0.1) is 0 Å². The summed E-state index contributed by atoms with van der Waals surface area (Å²) in [6, 6.07) is 9.10. The number of hydrogen-bond acceptors (Lipinski definition) is 10. The SMILES string of the molecule is CC(C)C[C@H](CO)Nc1nc(NCCOCCOCCNC(=O)c2ccccc2)nc(NC(C)C)n1. The number of rotatable bonds is 18. The first-order chi connectivity index (χ1) is 17.4. The second-order valence-corrected chi connectivity index (χ2v) is 9.03. The zero-order valence-corrected chi connectivity index (χ0v) is 21.8. The Balaban J connectivity index is 1.66. The molecule has 0 fully saturated rings. The summed E-state index contributed by atoms with van der Waals surface area (Å²) in [5.74, 6) is 1.60. The van der Waals surface area contributed by atoms with E-state index >= 15 is 0 Å². The molecular formula is C25H41N7O4. The van der Waals surface area contributed by atoms with Crippen LogP contribution in [0.4, 0.5) is 17.8 Å². The Morgan fingerprint density at radius 3 is 2.08 bits per heavy atom. The summed E-state index contributed by atoms with van der Waals surface area (Å²) < 4.78 is 11.1. The number of benzene rings is 1. The molecule has 11 nitrogen and oxygen atoms in total. The van der Waals surface area contributed by atoms with Crippen molar-refractivity contribution in [3.63, 3.8) is 0 Å². The highest BCUT2D eigenvalue weighted by molar-refractivity contribution is 5.94. The van der Waals surface area contributed by atoms with Crippen molar-refractivity contribution < 1.29 is 19.4 Å². The zero-order chi connectivity index (χ0) is 26.2. The van der Waals surface area contributed by atoms with Crippen LogP contribution in [-0.4, -0.2) is 84.2 Å². The summed E-state index contributed by atoms with van der Waals surface area (Å²) in [4.78, 5) is 25.2. The molecule has 0 spiro atoms. The molecule has 1 aromatic heterocycles. The van der Waals surface area contributed by atoms with E-state index in [0.29, 0.717) is 68.8 Å². The van der Waals surface area contributed by atoms with E-state index in [1.807, 2.05) is 32.0 Å². The van der Waals surface area contributed by atoms with Crippen LogP contribution >= 0.6 is 0 Å². The van der Waals surface area contributed by atoms with Gasteiger partial charge in [0.25, 0.3) is 5.91 Å². The molecule has 0 aliphatic carbocycles. The highest BCUT2D eigenvalue weighted by Crippen LogP contribution is 2.14. The number of aliphatic hydroxyl groups is 1. The molecule has 1 amide bonds. The Hall–Kier alpha value is -3.02. The smallest absolute Gasteiger partial charge is 0.251 e. The van der Waals surface area contributed by atoms with Gasteiger partial charge in [-0.2, -0.15) is 15.0 Å². The van der Waals surface area contributed by atoms with Crippen molar-refractivity contribution >= 4 is 23.8 Å². The predicted molar refractivity (Wildman–Crippen MR) is 141 cm³/mol. The van der Waals surface area contributed by atoms with Crippen molar-refractivity contribution in [2.75, 3.05) is 62.1 Å². The topological polar surface area (TPSA) is 143 Å². The number of ether oxygens (including phenoxy) is 2. The van der Waals surface area contributed by atoms with Crippen LogP contribution in [0.3, 0.4) is 0 Å². The lowest BCUT2D eigenvalue weighted by Crippen LogP contribution is -2.27. The van der Waals surface area contributed by atoms with E-state index in [4.69, 9.17) is 9.47 Å². The second kappa shape index (κ2) is 16.6. The lowest BCUT2D eigenvalue weighted by molar-refractivity contribution is 0.0519. The Kier molecular flexibility index (Phi) is 13.5. The first-order valence-corrected chi connectivity index (χ1v) is 12.5. The van der Waals surface area contributed by atoms with Gasteiger partial charge in [-0.1, -0.05) is 32.0 Å². The van der Waals surface area contributed by atoms with Crippen LogP contribution in [-0.2, 0) is 9.47 Å². The lowest BCUT2D eigenvalue weighted by atomic mass is 10.0. The van der Waals surface area contributed by atoms with Gasteiger partial charge in [0.2, 0.25) is 17.8 Å². The van der Waals surface area contributed by atoms with Crippen molar-refractivity contribution in [3.05, 3.63) is 35.9 Å². The van der Waals surface area contributed by atoms with E-state index in [9.17, 15) is 9.90 Å². The van der Waals surface area contributed by atoms with Gasteiger partial charge in [0, 0.05) is 24.7 Å². The predicted octanol–water partition coefficient (Wildman–Crippen LogP) is 2.39. The first kappa shape index (κ1) is 29.2. The Labute approximate surface area is 213 Å². The van der Waals surface area contributed by atoms with Crippen LogP contribution in [0.5, 0.6) is 0 Å². The van der Waals surface area contributed by atoms with Crippen molar-refractivity contribution in [2.45, 2.75) is 46.2 Å². The minimum Gasteiger partial charge on any atom is -0.394 e. The van der Waals surface area contributed by atoms with Crippen LogP contribution in [0, 0.1) is 5.92 Å². The molecule has 0 bridgehead atoms. The summed E-state index contributed by atoms with van der Waals surface area (Å²) in [5.41, 5.74) is 0.630. The van der Waals surface area contributed by atoms with E-state index in [0.717, 1.165) is 6.42 Å². The fraction of sp³-hybridized carbons (Fsp3) is 0.600. The van der Waals surface area contributed by atoms with Crippen LogP contribution in [0.25, 0.3) is 0 Å². The maximum absolute atomic E-state index is 11.9. The van der Waals surface area contributed by atoms with Gasteiger partial charge >= 0.3 is 0 Å². The highest BCUT2D eigenvalue weighted by Gasteiger charge is 2.14. The second-order valence-electron chi connectivity index (χ2n) is 9.03. The van der Waals surface area contributed by atoms with E-state index in [1.165, 1.54) is 0 Å².